The van der Waals surface area contributed by atoms with Crippen LogP contribution < -0.4 is 0 Å². The largest absolute Gasteiger partial charge is 0.300 e. The van der Waals surface area contributed by atoms with Crippen LogP contribution in [0.15, 0.2) is 128 Å². The van der Waals surface area contributed by atoms with Crippen LogP contribution in [0.2, 0.25) is 0 Å². The van der Waals surface area contributed by atoms with E-state index in [0.29, 0.717) is 5.95 Å². The smallest absolute Gasteiger partial charge is 0.235 e. The molecule has 9 rings (SSSR count). The van der Waals surface area contributed by atoms with Gasteiger partial charge < -0.3 is 0 Å². The third-order valence-electron chi connectivity index (χ3n) is 7.92. The highest BCUT2D eigenvalue weighted by Gasteiger charge is 2.19. The number of imidazole rings is 1. The molecule has 5 heteroatoms. The van der Waals surface area contributed by atoms with Crippen molar-refractivity contribution in [3.63, 3.8) is 0 Å². The zero-order chi connectivity index (χ0) is 26.2. The standard InChI is InChI=1S/C35H21N5/c1-2-10-23-19-24(17-16-22(23)9-1)34-26-12-3-5-13-28(26)37-35(38-34)40-30-14-6-4-11-25(30)27-20-32-29(21-31(27)40)36-33-15-7-8-18-39(32)33/h1-21H. The Labute approximate surface area is 228 Å². The van der Waals surface area contributed by atoms with Gasteiger partial charge in [0.2, 0.25) is 5.95 Å². The summed E-state index contributed by atoms with van der Waals surface area (Å²) in [6.07, 6.45) is 2.07. The van der Waals surface area contributed by atoms with Crippen molar-refractivity contribution in [2.75, 3.05) is 0 Å². The summed E-state index contributed by atoms with van der Waals surface area (Å²) in [7, 11) is 0. The molecule has 0 aliphatic rings. The number of hydrogen-bond acceptors (Lipinski definition) is 3. The highest BCUT2D eigenvalue weighted by molar-refractivity contribution is 6.13. The molecule has 0 saturated heterocycles. The Hall–Kier alpha value is -5.55. The highest BCUT2D eigenvalue weighted by Crippen LogP contribution is 2.36. The molecule has 0 unspecified atom stereocenters. The molecule has 0 spiro atoms. The molecule has 186 valence electrons. The van der Waals surface area contributed by atoms with Crippen LogP contribution in [0.5, 0.6) is 0 Å². The molecule has 0 radical (unpaired) electrons. The Morgan fingerprint density at radius 1 is 0.475 bits per heavy atom. The van der Waals surface area contributed by atoms with Crippen molar-refractivity contribution in [1.29, 1.82) is 0 Å². The van der Waals surface area contributed by atoms with Gasteiger partial charge in [0.15, 0.2) is 0 Å². The summed E-state index contributed by atoms with van der Waals surface area (Å²) < 4.78 is 4.33. The molecule has 5 aromatic carbocycles. The molecule has 0 N–H and O–H groups in total. The lowest BCUT2D eigenvalue weighted by Crippen LogP contribution is -2.03. The van der Waals surface area contributed by atoms with E-state index >= 15 is 0 Å². The van der Waals surface area contributed by atoms with Gasteiger partial charge in [-0.2, -0.15) is 0 Å². The summed E-state index contributed by atoms with van der Waals surface area (Å²) in [6, 6.07) is 42.3. The van der Waals surface area contributed by atoms with E-state index in [1.165, 1.54) is 10.8 Å². The van der Waals surface area contributed by atoms with Gasteiger partial charge in [0, 0.05) is 27.9 Å². The minimum absolute atomic E-state index is 0.649. The van der Waals surface area contributed by atoms with E-state index < -0.39 is 0 Å². The van der Waals surface area contributed by atoms with E-state index in [9.17, 15) is 0 Å². The molecule has 0 atom stereocenters. The number of benzene rings is 5. The van der Waals surface area contributed by atoms with Gasteiger partial charge in [0.05, 0.1) is 33.3 Å². The van der Waals surface area contributed by atoms with Crippen LogP contribution in [0.3, 0.4) is 0 Å². The van der Waals surface area contributed by atoms with Crippen LogP contribution >= 0.6 is 0 Å². The maximum atomic E-state index is 5.27. The van der Waals surface area contributed by atoms with E-state index in [-0.39, 0.29) is 0 Å². The Morgan fingerprint density at radius 3 is 2.23 bits per heavy atom. The summed E-state index contributed by atoms with van der Waals surface area (Å²) in [4.78, 5) is 15.3. The zero-order valence-corrected chi connectivity index (χ0v) is 21.4. The van der Waals surface area contributed by atoms with E-state index in [0.717, 1.165) is 60.6 Å². The van der Waals surface area contributed by atoms with E-state index in [1.54, 1.807) is 0 Å². The second-order valence-corrected chi connectivity index (χ2v) is 10.2. The molecular formula is C35H21N5. The monoisotopic (exact) mass is 511 g/mol. The van der Waals surface area contributed by atoms with E-state index in [4.69, 9.17) is 15.0 Å². The van der Waals surface area contributed by atoms with Crippen LogP contribution in [0.4, 0.5) is 0 Å². The molecule has 0 aliphatic carbocycles. The average molecular weight is 512 g/mol. The molecule has 0 saturated carbocycles. The zero-order valence-electron chi connectivity index (χ0n) is 21.4. The van der Waals surface area contributed by atoms with Gasteiger partial charge in [-0.25, -0.2) is 15.0 Å². The number of fused-ring (bicyclic) bond motifs is 8. The molecule has 4 aromatic heterocycles. The number of nitrogens with zero attached hydrogens (tertiary/aromatic N) is 5. The first-order valence-corrected chi connectivity index (χ1v) is 13.4. The van der Waals surface area contributed by atoms with Crippen molar-refractivity contribution in [1.82, 2.24) is 23.9 Å². The van der Waals surface area contributed by atoms with Gasteiger partial charge >= 0.3 is 0 Å². The molecule has 40 heavy (non-hydrogen) atoms. The first kappa shape index (κ1) is 21.4. The number of para-hydroxylation sites is 2. The topological polar surface area (TPSA) is 48.0 Å². The first-order valence-electron chi connectivity index (χ1n) is 13.4. The quantitative estimate of drug-likeness (QED) is 0.234. The lowest BCUT2D eigenvalue weighted by Gasteiger charge is -2.12. The van der Waals surface area contributed by atoms with Crippen molar-refractivity contribution in [3.8, 4) is 17.2 Å². The Morgan fingerprint density at radius 2 is 1.27 bits per heavy atom. The highest BCUT2D eigenvalue weighted by atomic mass is 15.2. The molecule has 0 fully saturated rings. The molecule has 0 bridgehead atoms. The minimum atomic E-state index is 0.649. The second kappa shape index (κ2) is 7.98. The third-order valence-corrected chi connectivity index (χ3v) is 7.92. The number of pyridine rings is 1. The molecule has 0 amide bonds. The molecule has 0 aliphatic heterocycles. The minimum Gasteiger partial charge on any atom is -0.300 e. The van der Waals surface area contributed by atoms with Gasteiger partial charge in [-0.1, -0.05) is 78.9 Å². The Balaban J connectivity index is 1.39. The summed E-state index contributed by atoms with van der Waals surface area (Å²) >= 11 is 0. The van der Waals surface area contributed by atoms with Crippen LogP contribution in [0.25, 0.3) is 77.4 Å². The summed E-state index contributed by atoms with van der Waals surface area (Å²) in [5.74, 6) is 0.649. The molecular weight excluding hydrogens is 490 g/mol. The number of rotatable bonds is 2. The third kappa shape index (κ3) is 3.00. The van der Waals surface area contributed by atoms with Gasteiger partial charge in [-0.15, -0.1) is 0 Å². The van der Waals surface area contributed by atoms with Crippen molar-refractivity contribution in [3.05, 3.63) is 128 Å². The summed E-state index contributed by atoms with van der Waals surface area (Å²) in [5, 5.41) is 5.75. The first-order chi connectivity index (χ1) is 19.8. The predicted molar refractivity (Wildman–Crippen MR) is 163 cm³/mol. The molecule has 4 heterocycles. The lowest BCUT2D eigenvalue weighted by atomic mass is 10.0. The van der Waals surface area contributed by atoms with Gasteiger partial charge in [0.25, 0.3) is 0 Å². The SMILES string of the molecule is c1ccc2cc(-c3nc(-n4c5ccccc5c5cc6c(cc54)nc4ccccn46)nc4ccccc34)ccc2c1. The maximum absolute atomic E-state index is 5.27. The average Bonchev–Trinajstić information content (AvgIpc) is 3.54. The van der Waals surface area contributed by atoms with Crippen LogP contribution in [0, 0.1) is 0 Å². The Kier molecular flexibility index (Phi) is 4.27. The Bertz CT molecular complexity index is 2450. The molecule has 5 nitrogen and oxygen atoms in total. The van der Waals surface area contributed by atoms with E-state index in [2.05, 4.69) is 112 Å². The van der Waals surface area contributed by atoms with Crippen LogP contribution in [-0.4, -0.2) is 23.9 Å². The van der Waals surface area contributed by atoms with Crippen LogP contribution in [-0.2, 0) is 0 Å². The van der Waals surface area contributed by atoms with Crippen molar-refractivity contribution in [2.24, 2.45) is 0 Å². The number of hydrogen-bond donors (Lipinski definition) is 0. The maximum Gasteiger partial charge on any atom is 0.235 e. The van der Waals surface area contributed by atoms with Crippen molar-refractivity contribution in [2.45, 2.75) is 0 Å². The second-order valence-electron chi connectivity index (χ2n) is 10.2. The fourth-order valence-corrected chi connectivity index (χ4v) is 6.06. The summed E-state index contributed by atoms with van der Waals surface area (Å²) in [5.41, 5.74) is 7.97. The van der Waals surface area contributed by atoms with E-state index in [1.807, 2.05) is 24.3 Å². The van der Waals surface area contributed by atoms with Crippen molar-refractivity contribution >= 4 is 60.2 Å². The summed E-state index contributed by atoms with van der Waals surface area (Å²) in [6.45, 7) is 0. The van der Waals surface area contributed by atoms with Gasteiger partial charge in [0.1, 0.15) is 5.65 Å². The molecule has 9 aromatic rings. The van der Waals surface area contributed by atoms with Crippen molar-refractivity contribution < 1.29 is 0 Å². The van der Waals surface area contributed by atoms with Gasteiger partial charge in [-0.05, 0) is 53.2 Å². The van der Waals surface area contributed by atoms with Crippen LogP contribution in [0.1, 0.15) is 0 Å². The number of aromatic nitrogens is 5. The fourth-order valence-electron chi connectivity index (χ4n) is 6.06. The normalized spacial score (nSPS) is 12.0. The lowest BCUT2D eigenvalue weighted by molar-refractivity contribution is 1.01. The van der Waals surface area contributed by atoms with Gasteiger partial charge in [-0.3, -0.25) is 8.97 Å². The predicted octanol–water partition coefficient (Wildman–Crippen LogP) is 8.35. The fraction of sp³-hybridized carbons (Fsp3) is 0.